The Bertz CT molecular complexity index is 1690. The first-order chi connectivity index (χ1) is 24.0. The molecule has 7 rings (SSSR count). The van der Waals surface area contributed by atoms with E-state index in [9.17, 15) is 29.1 Å². The number of benzene rings is 1. The fraction of sp³-hybridized carbons (Fsp3) is 0.583. The van der Waals surface area contributed by atoms with Crippen LogP contribution in [0.2, 0.25) is 0 Å². The Kier molecular flexibility index (Phi) is 8.77. The molecule has 14 heteroatoms. The molecule has 1 aromatic carbocycles. The molecule has 50 heavy (non-hydrogen) atoms. The molecule has 1 spiro atoms. The summed E-state index contributed by atoms with van der Waals surface area (Å²) >= 11 is 0. The molecule has 7 atom stereocenters. The van der Waals surface area contributed by atoms with Crippen molar-refractivity contribution in [3.63, 3.8) is 0 Å². The van der Waals surface area contributed by atoms with Gasteiger partial charge in [-0.25, -0.2) is 4.79 Å². The van der Waals surface area contributed by atoms with E-state index in [1.54, 1.807) is 7.11 Å². The van der Waals surface area contributed by atoms with Crippen molar-refractivity contribution in [2.24, 2.45) is 23.5 Å². The summed E-state index contributed by atoms with van der Waals surface area (Å²) in [6.07, 6.45) is 7.74. The van der Waals surface area contributed by atoms with Crippen molar-refractivity contribution in [3.05, 3.63) is 46.7 Å². The Labute approximate surface area is 289 Å². The van der Waals surface area contributed by atoms with Crippen LogP contribution in [0.3, 0.4) is 0 Å². The highest BCUT2D eigenvalue weighted by Crippen LogP contribution is 2.64. The highest BCUT2D eigenvalue weighted by Gasteiger charge is 2.62. The second-order valence-electron chi connectivity index (χ2n) is 14.5. The zero-order valence-electron chi connectivity index (χ0n) is 28.1. The zero-order valence-corrected chi connectivity index (χ0v) is 28.1. The van der Waals surface area contributed by atoms with Gasteiger partial charge in [-0.3, -0.25) is 14.4 Å². The minimum atomic E-state index is -1.27. The Morgan fingerprint density at radius 1 is 1.18 bits per heavy atom. The fourth-order valence-electron chi connectivity index (χ4n) is 9.35. The largest absolute Gasteiger partial charge is 0.564 e. The van der Waals surface area contributed by atoms with Crippen molar-refractivity contribution in [3.8, 4) is 11.5 Å². The van der Waals surface area contributed by atoms with Gasteiger partial charge in [-0.05, 0) is 87.5 Å². The number of hydrogen-bond donors (Lipinski definition) is 4. The first kappa shape index (κ1) is 33.9. The molecule has 3 fully saturated rings. The van der Waals surface area contributed by atoms with Crippen molar-refractivity contribution in [2.45, 2.75) is 87.3 Å². The maximum atomic E-state index is 14.0. The third-order valence-electron chi connectivity index (χ3n) is 11.7. The van der Waals surface area contributed by atoms with Gasteiger partial charge in [0.1, 0.15) is 5.54 Å². The molecule has 2 heterocycles. The van der Waals surface area contributed by atoms with Gasteiger partial charge in [0.15, 0.2) is 29.8 Å². The van der Waals surface area contributed by atoms with Crippen molar-refractivity contribution in [2.75, 3.05) is 26.7 Å². The van der Waals surface area contributed by atoms with E-state index in [0.717, 1.165) is 31.2 Å². The number of carboxylic acid groups (broad SMARTS) is 1. The molecule has 2 aliphatic heterocycles. The van der Waals surface area contributed by atoms with Gasteiger partial charge < -0.3 is 45.7 Å². The Morgan fingerprint density at radius 3 is 2.74 bits per heavy atom. The number of rotatable bonds is 12. The SMILES string of the molecule is COc1ccc2c3c1OC1C(OC(=O)N4CCC(C(=O)O)CC4CNC(=O)C4(NC(=O)CC(=O)[OH2+])CC4CCCN)=CC=C4[C@H](CCC[C@]431)C2. The maximum absolute atomic E-state index is 14.0. The van der Waals surface area contributed by atoms with Gasteiger partial charge >= 0.3 is 18.0 Å². The number of nitrogens with two attached hydrogens (primary N) is 1. The lowest BCUT2D eigenvalue weighted by molar-refractivity contribution is -0.144. The number of methoxy groups -OCH3 is 1. The minimum Gasteiger partial charge on any atom is -0.564 e. The number of ether oxygens (including phenoxy) is 3. The lowest BCUT2D eigenvalue weighted by Gasteiger charge is -2.49. The Morgan fingerprint density at radius 2 is 2.00 bits per heavy atom. The molecule has 3 amide bonds. The number of allylic oxidation sites excluding steroid dienone is 2. The summed E-state index contributed by atoms with van der Waals surface area (Å²) in [6, 6.07) is 3.34. The lowest BCUT2D eigenvalue weighted by Crippen LogP contribution is -2.56. The lowest BCUT2D eigenvalue weighted by atomic mass is 9.53. The van der Waals surface area contributed by atoms with E-state index in [1.165, 1.54) is 16.0 Å². The summed E-state index contributed by atoms with van der Waals surface area (Å²) in [5.41, 5.74) is 7.59. The molecular weight excluding hydrogens is 648 g/mol. The fourth-order valence-corrected chi connectivity index (χ4v) is 9.35. The van der Waals surface area contributed by atoms with Crippen LogP contribution in [0.5, 0.6) is 11.5 Å². The van der Waals surface area contributed by atoms with E-state index in [1.807, 2.05) is 12.1 Å². The summed E-state index contributed by atoms with van der Waals surface area (Å²) in [5, 5.41) is 22.5. The van der Waals surface area contributed by atoms with E-state index in [4.69, 9.17) is 25.1 Å². The van der Waals surface area contributed by atoms with Crippen LogP contribution in [0.25, 0.3) is 0 Å². The van der Waals surface area contributed by atoms with Gasteiger partial charge in [-0.15, -0.1) is 0 Å². The molecule has 2 saturated carbocycles. The normalized spacial score (nSPS) is 31.2. The van der Waals surface area contributed by atoms with Crippen molar-refractivity contribution < 1.29 is 48.4 Å². The van der Waals surface area contributed by atoms with Gasteiger partial charge in [0.05, 0.1) is 24.5 Å². The number of carboxylic acids is 1. The van der Waals surface area contributed by atoms with E-state index < -0.39 is 65.3 Å². The standard InChI is InChI=1S/C36H44N4O10/c1-48-25-8-6-20-14-19-4-2-11-35-24(19)7-9-26(31(35)50-30(25)29(20)35)49-34(47)40-13-10-21(32(44)45)15-23(40)18-38-33(46)36(17-22(36)5-3-12-37)39-27(41)16-28(42)43/h6-9,19,21-23,31H,2-5,10-18,37H2,1H3,(H,38,46)(H,39,41)(H,42,43)(H,44,45)/p+1/t19-,21?,22?,23?,31?,35+,36?/m1/s1. The van der Waals surface area contributed by atoms with Crippen molar-refractivity contribution in [1.29, 1.82) is 0 Å². The summed E-state index contributed by atoms with van der Waals surface area (Å²) < 4.78 is 18.5. The zero-order chi connectivity index (χ0) is 35.4. The monoisotopic (exact) mass is 693 g/mol. The highest BCUT2D eigenvalue weighted by atomic mass is 16.6. The maximum Gasteiger partial charge on any atom is 0.525 e. The number of hydrogen-bond acceptors (Lipinski definition) is 9. The second-order valence-corrected chi connectivity index (χ2v) is 14.5. The predicted molar refractivity (Wildman–Crippen MR) is 177 cm³/mol. The first-order valence-electron chi connectivity index (χ1n) is 17.6. The number of carbonyl (C=O) groups excluding carboxylic acids is 4. The minimum absolute atomic E-state index is 0.0725. The van der Waals surface area contributed by atoms with Gasteiger partial charge in [0.2, 0.25) is 11.8 Å². The average molecular weight is 694 g/mol. The Balaban J connectivity index is 1.10. The molecule has 6 aliphatic rings. The molecule has 268 valence electrons. The number of likely N-dealkylation sites (tertiary alicyclic amines) is 1. The number of nitrogens with one attached hydrogen (secondary N) is 2. The molecule has 1 aromatic rings. The van der Waals surface area contributed by atoms with Crippen LogP contribution in [0, 0.1) is 17.8 Å². The quantitative estimate of drug-likeness (QED) is 0.183. The topological polar surface area (TPSA) is 209 Å². The number of nitrogens with zero attached hydrogens (tertiary/aromatic N) is 1. The summed E-state index contributed by atoms with van der Waals surface area (Å²) in [7, 11) is 1.61. The van der Waals surface area contributed by atoms with Gasteiger partial charge in [-0.2, -0.15) is 0 Å². The third-order valence-corrected chi connectivity index (χ3v) is 11.7. The molecule has 1 saturated heterocycles. The van der Waals surface area contributed by atoms with Gasteiger partial charge in [-0.1, -0.05) is 24.1 Å². The molecule has 7 N–H and O–H groups in total. The van der Waals surface area contributed by atoms with Crippen molar-refractivity contribution >= 4 is 29.8 Å². The third kappa shape index (κ3) is 5.57. The number of piperidine rings is 1. The van der Waals surface area contributed by atoms with Crippen LogP contribution in [0.4, 0.5) is 4.79 Å². The molecule has 0 aromatic heterocycles. The molecule has 5 unspecified atom stereocenters. The van der Waals surface area contributed by atoms with Gasteiger partial charge in [0, 0.05) is 23.4 Å². The predicted octanol–water partition coefficient (Wildman–Crippen LogP) is 1.55. The Hall–Kier alpha value is -4.59. The van der Waals surface area contributed by atoms with E-state index in [0.29, 0.717) is 49.0 Å². The van der Waals surface area contributed by atoms with E-state index in [2.05, 4.69) is 22.8 Å². The number of amides is 3. The summed E-state index contributed by atoms with van der Waals surface area (Å²) in [6.45, 7) is 0.441. The molecule has 0 radical (unpaired) electrons. The smallest absolute Gasteiger partial charge is 0.525 e. The van der Waals surface area contributed by atoms with Gasteiger partial charge in [0.25, 0.3) is 0 Å². The van der Waals surface area contributed by atoms with Crippen LogP contribution < -0.4 is 25.8 Å². The van der Waals surface area contributed by atoms with Crippen LogP contribution in [-0.2, 0) is 35.8 Å². The molecule has 14 nitrogen and oxygen atoms in total. The molecule has 4 aliphatic carbocycles. The van der Waals surface area contributed by atoms with Crippen LogP contribution in [0.1, 0.15) is 68.9 Å². The van der Waals surface area contributed by atoms with E-state index >= 15 is 0 Å². The van der Waals surface area contributed by atoms with Crippen molar-refractivity contribution in [1.82, 2.24) is 15.5 Å². The van der Waals surface area contributed by atoms with Crippen LogP contribution >= 0.6 is 0 Å². The van der Waals surface area contributed by atoms with Crippen LogP contribution in [0.15, 0.2) is 35.6 Å². The molecular formula is C36H45N4O10+. The highest BCUT2D eigenvalue weighted by molar-refractivity contribution is 5.99. The summed E-state index contributed by atoms with van der Waals surface area (Å²) in [4.78, 5) is 64.9. The van der Waals surface area contributed by atoms with E-state index in [-0.39, 0.29) is 31.8 Å². The number of aliphatic carboxylic acids is 1. The average Bonchev–Trinajstić information content (AvgIpc) is 3.67. The first-order valence-corrected chi connectivity index (χ1v) is 17.6. The molecule has 2 bridgehead atoms. The summed E-state index contributed by atoms with van der Waals surface area (Å²) in [5.74, 6) is -2.13. The van der Waals surface area contributed by atoms with Crippen LogP contribution in [-0.4, -0.2) is 89.4 Å². The second kappa shape index (κ2) is 12.9. The number of carbonyl (C=O) groups is 5.